The van der Waals surface area contributed by atoms with Crippen molar-refractivity contribution in [3.05, 3.63) is 0 Å². The zero-order chi connectivity index (χ0) is 9.10. The van der Waals surface area contributed by atoms with E-state index in [2.05, 4.69) is 17.7 Å². The molecule has 0 aromatic rings. The molecule has 0 bridgehead atoms. The van der Waals surface area contributed by atoms with Crippen LogP contribution in [0.25, 0.3) is 0 Å². The molecule has 0 spiro atoms. The lowest BCUT2D eigenvalue weighted by molar-refractivity contribution is 0.201. The number of fused-ring (bicyclic) bond motifs is 1. The van der Waals surface area contributed by atoms with Crippen LogP contribution >= 0.6 is 0 Å². The van der Waals surface area contributed by atoms with Gasteiger partial charge in [-0.05, 0) is 51.2 Å². The molecule has 2 heteroatoms. The fraction of sp³-hybridized carbons (Fsp3) is 1.00. The quantitative estimate of drug-likeness (QED) is 0.640. The highest BCUT2D eigenvalue weighted by atomic mass is 14.9. The molecule has 2 rings (SSSR count). The van der Waals surface area contributed by atoms with Crippen LogP contribution in [-0.2, 0) is 0 Å². The Bertz CT molecular complexity index is 150. The van der Waals surface area contributed by atoms with Gasteiger partial charge in [-0.2, -0.15) is 0 Å². The third kappa shape index (κ3) is 2.05. The van der Waals surface area contributed by atoms with Crippen molar-refractivity contribution in [2.75, 3.05) is 20.1 Å². The fourth-order valence-electron chi connectivity index (χ4n) is 3.13. The van der Waals surface area contributed by atoms with Crippen molar-refractivity contribution in [1.82, 2.24) is 10.6 Å². The molecule has 0 radical (unpaired) electrons. The minimum atomic E-state index is 0.801. The van der Waals surface area contributed by atoms with Gasteiger partial charge in [-0.25, -0.2) is 0 Å². The Balaban J connectivity index is 2.02. The maximum atomic E-state index is 3.53. The third-order valence-electron chi connectivity index (χ3n) is 3.89. The summed E-state index contributed by atoms with van der Waals surface area (Å²) in [6.45, 7) is 2.50. The molecule has 3 unspecified atom stereocenters. The van der Waals surface area contributed by atoms with Gasteiger partial charge in [0.05, 0.1) is 0 Å². The number of nitrogens with one attached hydrogen (secondary N) is 2. The van der Waals surface area contributed by atoms with Gasteiger partial charge in [0.2, 0.25) is 0 Å². The van der Waals surface area contributed by atoms with Crippen molar-refractivity contribution < 1.29 is 0 Å². The number of rotatable bonds is 1. The number of piperidine rings is 1. The molecule has 76 valence electrons. The van der Waals surface area contributed by atoms with Crippen molar-refractivity contribution in [3.63, 3.8) is 0 Å². The topological polar surface area (TPSA) is 24.1 Å². The number of hydrogen-bond donors (Lipinski definition) is 2. The molecule has 2 N–H and O–H groups in total. The van der Waals surface area contributed by atoms with Crippen molar-refractivity contribution in [1.29, 1.82) is 0 Å². The smallest absolute Gasteiger partial charge is 0.00959 e. The molecule has 1 saturated heterocycles. The first kappa shape index (κ1) is 9.47. The van der Waals surface area contributed by atoms with Crippen molar-refractivity contribution in [3.8, 4) is 0 Å². The van der Waals surface area contributed by atoms with Crippen molar-refractivity contribution in [2.45, 2.75) is 38.1 Å². The fourth-order valence-corrected chi connectivity index (χ4v) is 3.13. The molecule has 0 amide bonds. The summed E-state index contributed by atoms with van der Waals surface area (Å²) in [6, 6.07) is 0.801. The lowest BCUT2D eigenvalue weighted by Gasteiger charge is -2.35. The Hall–Kier alpha value is -0.0800. The highest BCUT2D eigenvalue weighted by Gasteiger charge is 2.32. The molecule has 1 saturated carbocycles. The monoisotopic (exact) mass is 182 g/mol. The van der Waals surface area contributed by atoms with Gasteiger partial charge in [0.1, 0.15) is 0 Å². The van der Waals surface area contributed by atoms with Gasteiger partial charge in [-0.3, -0.25) is 0 Å². The molecule has 1 aliphatic carbocycles. The zero-order valence-corrected chi connectivity index (χ0v) is 8.68. The minimum Gasteiger partial charge on any atom is -0.317 e. The molecule has 2 nitrogen and oxygen atoms in total. The van der Waals surface area contributed by atoms with E-state index in [9.17, 15) is 0 Å². The van der Waals surface area contributed by atoms with Gasteiger partial charge in [-0.1, -0.05) is 12.8 Å². The van der Waals surface area contributed by atoms with Crippen LogP contribution in [0.4, 0.5) is 0 Å². The van der Waals surface area contributed by atoms with Gasteiger partial charge >= 0.3 is 0 Å². The second-order valence-electron chi connectivity index (χ2n) is 4.60. The first-order chi connectivity index (χ1) is 6.42. The van der Waals surface area contributed by atoms with E-state index in [0.717, 1.165) is 17.9 Å². The first-order valence-electron chi connectivity index (χ1n) is 5.80. The normalized spacial score (nSPS) is 40.8. The van der Waals surface area contributed by atoms with Crippen LogP contribution in [0.5, 0.6) is 0 Å². The maximum absolute atomic E-state index is 3.53. The van der Waals surface area contributed by atoms with E-state index >= 15 is 0 Å². The third-order valence-corrected chi connectivity index (χ3v) is 3.89. The van der Waals surface area contributed by atoms with E-state index < -0.39 is 0 Å². The van der Waals surface area contributed by atoms with E-state index in [1.807, 2.05) is 0 Å². The Morgan fingerprint density at radius 3 is 2.85 bits per heavy atom. The molecule has 2 aliphatic rings. The van der Waals surface area contributed by atoms with Gasteiger partial charge in [-0.15, -0.1) is 0 Å². The number of hydrogen-bond acceptors (Lipinski definition) is 2. The molecule has 1 heterocycles. The van der Waals surface area contributed by atoms with Crippen LogP contribution in [0.3, 0.4) is 0 Å². The van der Waals surface area contributed by atoms with Crippen molar-refractivity contribution >= 4 is 0 Å². The lowest BCUT2D eigenvalue weighted by Crippen LogP contribution is -2.45. The van der Waals surface area contributed by atoms with Gasteiger partial charge in [0, 0.05) is 6.04 Å². The molecule has 0 aromatic heterocycles. The highest BCUT2D eigenvalue weighted by molar-refractivity contribution is 4.88. The van der Waals surface area contributed by atoms with E-state index in [4.69, 9.17) is 0 Å². The average molecular weight is 182 g/mol. The Morgan fingerprint density at radius 1 is 1.15 bits per heavy atom. The standard InChI is InChI=1S/C11H22N2/c1-12-11-5-3-2-4-9-8-13-7-6-10(9)11/h9-13H,2-8H2,1H3. The summed E-state index contributed by atoms with van der Waals surface area (Å²) in [5.41, 5.74) is 0. The SMILES string of the molecule is CNC1CCCCC2CNCCC21. The second-order valence-corrected chi connectivity index (χ2v) is 4.60. The summed E-state index contributed by atoms with van der Waals surface area (Å²) in [4.78, 5) is 0. The molecule has 3 atom stereocenters. The van der Waals surface area contributed by atoms with E-state index in [-0.39, 0.29) is 0 Å². The van der Waals surface area contributed by atoms with E-state index in [0.29, 0.717) is 0 Å². The summed E-state index contributed by atoms with van der Waals surface area (Å²) in [7, 11) is 2.13. The van der Waals surface area contributed by atoms with Gasteiger partial charge in [0.25, 0.3) is 0 Å². The summed E-state index contributed by atoms with van der Waals surface area (Å²) < 4.78 is 0. The average Bonchev–Trinajstić information content (AvgIpc) is 2.39. The lowest BCUT2D eigenvalue weighted by atomic mass is 9.80. The van der Waals surface area contributed by atoms with E-state index in [1.165, 1.54) is 45.2 Å². The van der Waals surface area contributed by atoms with Crippen LogP contribution in [0, 0.1) is 11.8 Å². The second kappa shape index (κ2) is 4.43. The summed E-state index contributed by atoms with van der Waals surface area (Å²) in [5.74, 6) is 1.91. The van der Waals surface area contributed by atoms with E-state index in [1.54, 1.807) is 0 Å². The minimum absolute atomic E-state index is 0.801. The maximum Gasteiger partial charge on any atom is 0.00959 e. The van der Waals surface area contributed by atoms with Crippen LogP contribution < -0.4 is 10.6 Å². The molecule has 2 fully saturated rings. The Labute approximate surface area is 81.5 Å². The predicted molar refractivity (Wildman–Crippen MR) is 55.8 cm³/mol. The molecular formula is C11H22N2. The predicted octanol–water partition coefficient (Wildman–Crippen LogP) is 1.37. The summed E-state index contributed by atoms with van der Waals surface area (Å²) >= 11 is 0. The van der Waals surface area contributed by atoms with Gasteiger partial charge in [0.15, 0.2) is 0 Å². The largest absolute Gasteiger partial charge is 0.317 e. The Morgan fingerprint density at radius 2 is 2.00 bits per heavy atom. The van der Waals surface area contributed by atoms with Gasteiger partial charge < -0.3 is 10.6 Å². The van der Waals surface area contributed by atoms with Crippen LogP contribution in [0.15, 0.2) is 0 Å². The van der Waals surface area contributed by atoms with Crippen LogP contribution in [0.2, 0.25) is 0 Å². The zero-order valence-electron chi connectivity index (χ0n) is 8.68. The van der Waals surface area contributed by atoms with Crippen molar-refractivity contribution in [2.24, 2.45) is 11.8 Å². The Kier molecular flexibility index (Phi) is 3.23. The van der Waals surface area contributed by atoms with Crippen LogP contribution in [-0.4, -0.2) is 26.2 Å². The highest BCUT2D eigenvalue weighted by Crippen LogP contribution is 2.32. The summed E-state index contributed by atoms with van der Waals surface area (Å²) in [5, 5.41) is 7.04. The summed E-state index contributed by atoms with van der Waals surface area (Å²) in [6.07, 6.45) is 7.11. The first-order valence-corrected chi connectivity index (χ1v) is 5.80. The molecule has 13 heavy (non-hydrogen) atoms. The molecular weight excluding hydrogens is 160 g/mol. The molecule has 1 aliphatic heterocycles. The molecule has 0 aromatic carbocycles. The van der Waals surface area contributed by atoms with Crippen LogP contribution in [0.1, 0.15) is 32.1 Å².